The van der Waals surface area contributed by atoms with E-state index in [1.807, 2.05) is 25.1 Å². The highest BCUT2D eigenvalue weighted by atomic mass is 16.3. The molecule has 1 aromatic carbocycles. The van der Waals surface area contributed by atoms with Crippen molar-refractivity contribution in [1.29, 1.82) is 0 Å². The normalized spacial score (nSPS) is 12.7. The highest BCUT2D eigenvalue weighted by Gasteiger charge is 2.09. The second-order valence-electron chi connectivity index (χ2n) is 5.06. The number of aromatic nitrogens is 1. The van der Waals surface area contributed by atoms with Crippen LogP contribution >= 0.6 is 0 Å². The number of pyridine rings is 1. The lowest BCUT2D eigenvalue weighted by Gasteiger charge is -2.13. The van der Waals surface area contributed by atoms with Gasteiger partial charge in [0.2, 0.25) is 0 Å². The molecule has 3 aromatic rings. The molecule has 0 saturated carbocycles. The third kappa shape index (κ3) is 2.58. The maximum absolute atomic E-state index is 5.42. The molecule has 3 nitrogen and oxygen atoms in total. The summed E-state index contributed by atoms with van der Waals surface area (Å²) in [6.45, 7) is 4.94. The van der Waals surface area contributed by atoms with E-state index in [4.69, 9.17) is 4.42 Å². The Bertz CT molecular complexity index is 704. The molecule has 0 saturated heterocycles. The highest BCUT2D eigenvalue weighted by Crippen LogP contribution is 2.19. The van der Waals surface area contributed by atoms with Crippen LogP contribution in [0.25, 0.3) is 10.9 Å². The molecule has 0 aliphatic carbocycles. The van der Waals surface area contributed by atoms with Crippen LogP contribution < -0.4 is 5.32 Å². The van der Waals surface area contributed by atoms with E-state index in [1.54, 1.807) is 6.26 Å². The van der Waals surface area contributed by atoms with Gasteiger partial charge in [-0.05, 0) is 43.7 Å². The van der Waals surface area contributed by atoms with Crippen molar-refractivity contribution in [2.45, 2.75) is 26.4 Å². The Kier molecular flexibility index (Phi) is 3.52. The Morgan fingerprint density at radius 1 is 1.20 bits per heavy atom. The van der Waals surface area contributed by atoms with Gasteiger partial charge in [0.05, 0.1) is 17.8 Å². The van der Waals surface area contributed by atoms with E-state index in [-0.39, 0.29) is 6.04 Å². The Hall–Kier alpha value is -2.13. The summed E-state index contributed by atoms with van der Waals surface area (Å²) in [4.78, 5) is 4.57. The lowest BCUT2D eigenvalue weighted by Crippen LogP contribution is -2.18. The summed E-state index contributed by atoms with van der Waals surface area (Å²) in [5.74, 6) is 0.958. The molecule has 20 heavy (non-hydrogen) atoms. The Labute approximate surface area is 118 Å². The van der Waals surface area contributed by atoms with Crippen LogP contribution in [0.2, 0.25) is 0 Å². The van der Waals surface area contributed by atoms with Crippen molar-refractivity contribution in [2.75, 3.05) is 0 Å². The average Bonchev–Trinajstić information content (AvgIpc) is 2.98. The minimum atomic E-state index is 0.192. The molecule has 102 valence electrons. The van der Waals surface area contributed by atoms with Gasteiger partial charge in [0.15, 0.2) is 0 Å². The first-order valence-electron chi connectivity index (χ1n) is 6.86. The number of furan rings is 1. The summed E-state index contributed by atoms with van der Waals surface area (Å²) in [5.41, 5.74) is 3.37. The molecule has 0 aliphatic heterocycles. The number of hydrogen-bond donors (Lipinski definition) is 1. The Morgan fingerprint density at radius 2 is 2.05 bits per heavy atom. The minimum absolute atomic E-state index is 0.192. The molecule has 1 N–H and O–H groups in total. The molecular weight excluding hydrogens is 248 g/mol. The quantitative estimate of drug-likeness (QED) is 0.776. The molecule has 3 heteroatoms. The number of fused-ring (bicyclic) bond motifs is 1. The number of nitrogens with one attached hydrogen (secondary N) is 1. The van der Waals surface area contributed by atoms with Gasteiger partial charge in [-0.2, -0.15) is 0 Å². The number of rotatable bonds is 4. The molecule has 0 aliphatic rings. The van der Waals surface area contributed by atoms with E-state index >= 15 is 0 Å². The first-order valence-corrected chi connectivity index (χ1v) is 6.86. The van der Waals surface area contributed by atoms with E-state index in [9.17, 15) is 0 Å². The summed E-state index contributed by atoms with van der Waals surface area (Å²) in [6, 6.07) is 14.5. The summed E-state index contributed by atoms with van der Waals surface area (Å²) >= 11 is 0. The van der Waals surface area contributed by atoms with E-state index in [1.165, 1.54) is 10.9 Å². The van der Waals surface area contributed by atoms with Crippen LogP contribution in [-0.4, -0.2) is 4.98 Å². The Balaban J connectivity index is 1.84. The molecule has 0 radical (unpaired) electrons. The van der Waals surface area contributed by atoms with Crippen molar-refractivity contribution in [3.05, 3.63) is 65.7 Å². The molecular formula is C17H18N2O. The van der Waals surface area contributed by atoms with Crippen LogP contribution in [0.5, 0.6) is 0 Å². The van der Waals surface area contributed by atoms with Gasteiger partial charge in [-0.15, -0.1) is 0 Å². The molecule has 2 aromatic heterocycles. The van der Waals surface area contributed by atoms with Crippen molar-refractivity contribution in [3.63, 3.8) is 0 Å². The lowest BCUT2D eigenvalue weighted by molar-refractivity contribution is 0.430. The third-order valence-electron chi connectivity index (χ3n) is 3.50. The standard InChI is InChI=1S/C17H18N2O/c1-12-10-14(15-6-3-4-7-16(15)19-12)11-18-13(2)17-8-5-9-20-17/h3-10,13,18H,11H2,1-2H3/t13-/m1/s1. The maximum atomic E-state index is 5.42. The number of nitrogens with zero attached hydrogens (tertiary/aromatic N) is 1. The second-order valence-corrected chi connectivity index (χ2v) is 5.06. The molecule has 0 amide bonds. The maximum Gasteiger partial charge on any atom is 0.120 e. The zero-order chi connectivity index (χ0) is 13.9. The molecule has 0 unspecified atom stereocenters. The summed E-state index contributed by atoms with van der Waals surface area (Å²) < 4.78 is 5.42. The SMILES string of the molecule is Cc1cc(CN[C@H](C)c2ccco2)c2ccccc2n1. The molecule has 1 atom stereocenters. The van der Waals surface area contributed by atoms with Crippen molar-refractivity contribution < 1.29 is 4.42 Å². The van der Waals surface area contributed by atoms with Gasteiger partial charge < -0.3 is 9.73 Å². The van der Waals surface area contributed by atoms with Crippen LogP contribution in [0.1, 0.15) is 30.0 Å². The van der Waals surface area contributed by atoms with E-state index in [0.717, 1.165) is 23.5 Å². The fraction of sp³-hybridized carbons (Fsp3) is 0.235. The van der Waals surface area contributed by atoms with E-state index in [2.05, 4.69) is 41.5 Å². The predicted octanol–water partition coefficient (Wildman–Crippen LogP) is 3.99. The van der Waals surface area contributed by atoms with Crippen LogP contribution in [0.15, 0.2) is 53.1 Å². The molecule has 0 spiro atoms. The van der Waals surface area contributed by atoms with Gasteiger partial charge >= 0.3 is 0 Å². The average molecular weight is 266 g/mol. The molecule has 0 fully saturated rings. The summed E-state index contributed by atoms with van der Waals surface area (Å²) in [5, 5.41) is 4.70. The molecule has 0 bridgehead atoms. The van der Waals surface area contributed by atoms with Gasteiger partial charge in [0, 0.05) is 17.6 Å². The van der Waals surface area contributed by atoms with Gasteiger partial charge in [-0.3, -0.25) is 4.98 Å². The van der Waals surface area contributed by atoms with Crippen LogP contribution in [0.3, 0.4) is 0 Å². The van der Waals surface area contributed by atoms with E-state index in [0.29, 0.717) is 0 Å². The van der Waals surface area contributed by atoms with Crippen LogP contribution in [-0.2, 0) is 6.54 Å². The fourth-order valence-electron chi connectivity index (χ4n) is 2.44. The van der Waals surface area contributed by atoms with Crippen molar-refractivity contribution in [1.82, 2.24) is 10.3 Å². The van der Waals surface area contributed by atoms with E-state index < -0.39 is 0 Å². The molecule has 3 rings (SSSR count). The monoisotopic (exact) mass is 266 g/mol. The zero-order valence-corrected chi connectivity index (χ0v) is 11.8. The Morgan fingerprint density at radius 3 is 2.85 bits per heavy atom. The lowest BCUT2D eigenvalue weighted by atomic mass is 10.1. The number of aryl methyl sites for hydroxylation is 1. The van der Waals surface area contributed by atoms with Gasteiger partial charge in [-0.1, -0.05) is 18.2 Å². The second kappa shape index (κ2) is 5.47. The van der Waals surface area contributed by atoms with Crippen molar-refractivity contribution >= 4 is 10.9 Å². The highest BCUT2D eigenvalue weighted by molar-refractivity contribution is 5.82. The van der Waals surface area contributed by atoms with Gasteiger partial charge in [0.1, 0.15) is 5.76 Å². The van der Waals surface area contributed by atoms with Gasteiger partial charge in [-0.25, -0.2) is 0 Å². The predicted molar refractivity (Wildman–Crippen MR) is 80.4 cm³/mol. The largest absolute Gasteiger partial charge is 0.468 e. The fourth-order valence-corrected chi connectivity index (χ4v) is 2.44. The molecule has 2 heterocycles. The van der Waals surface area contributed by atoms with Gasteiger partial charge in [0.25, 0.3) is 0 Å². The minimum Gasteiger partial charge on any atom is -0.468 e. The van der Waals surface area contributed by atoms with Crippen molar-refractivity contribution in [2.24, 2.45) is 0 Å². The summed E-state index contributed by atoms with van der Waals surface area (Å²) in [6.07, 6.45) is 1.71. The number of hydrogen-bond acceptors (Lipinski definition) is 3. The van der Waals surface area contributed by atoms with Crippen LogP contribution in [0.4, 0.5) is 0 Å². The number of para-hydroxylation sites is 1. The first kappa shape index (κ1) is 12.9. The number of benzene rings is 1. The smallest absolute Gasteiger partial charge is 0.120 e. The third-order valence-corrected chi connectivity index (χ3v) is 3.50. The summed E-state index contributed by atoms with van der Waals surface area (Å²) in [7, 11) is 0. The first-order chi connectivity index (χ1) is 9.74. The topological polar surface area (TPSA) is 38.1 Å². The zero-order valence-electron chi connectivity index (χ0n) is 11.8. The van der Waals surface area contributed by atoms with Crippen molar-refractivity contribution in [3.8, 4) is 0 Å². The van der Waals surface area contributed by atoms with Crippen LogP contribution in [0, 0.1) is 6.92 Å².